The second-order valence-electron chi connectivity index (χ2n) is 15.9. The number of piperazine rings is 1. The van der Waals surface area contributed by atoms with E-state index in [1.165, 1.54) is 12.1 Å². The van der Waals surface area contributed by atoms with Crippen LogP contribution < -0.4 is 20.9 Å². The minimum absolute atomic E-state index is 0.00787. The van der Waals surface area contributed by atoms with E-state index < -0.39 is 29.7 Å². The van der Waals surface area contributed by atoms with Crippen LogP contribution in [0.3, 0.4) is 0 Å². The number of fused-ring (bicyclic) bond motifs is 1. The molecule has 1 atom stereocenters. The molecule has 1 aromatic carbocycles. The molecule has 0 spiro atoms. The number of hydrogen-bond acceptors (Lipinski definition) is 12. The largest absolute Gasteiger partial charge is 0.382 e. The number of likely N-dealkylation sites (tertiary alicyclic amines) is 1. The number of rotatable bonds is 17. The lowest BCUT2D eigenvalue weighted by molar-refractivity contribution is -0.136. The topological polar surface area (TPSA) is 204 Å². The number of nitrogens with one attached hydrogen (secondary N) is 3. The second kappa shape index (κ2) is 20.9. The van der Waals surface area contributed by atoms with Crippen LogP contribution in [-0.4, -0.2) is 138 Å². The van der Waals surface area contributed by atoms with Gasteiger partial charge in [0.05, 0.1) is 36.3 Å². The highest BCUT2D eigenvalue weighted by Crippen LogP contribution is 2.32. The molecule has 3 aromatic rings. The predicted octanol–water partition coefficient (Wildman–Crippen LogP) is 2.90. The van der Waals surface area contributed by atoms with Crippen LogP contribution in [0.25, 0.3) is 6.08 Å². The number of carbonyl (C=O) groups is 7. The van der Waals surface area contributed by atoms with Crippen LogP contribution >= 0.6 is 0 Å². The van der Waals surface area contributed by atoms with Gasteiger partial charge in [-0.05, 0) is 73.6 Å². The maximum atomic E-state index is 13.3. The van der Waals surface area contributed by atoms with Gasteiger partial charge in [-0.3, -0.25) is 48.8 Å². The highest BCUT2D eigenvalue weighted by atomic mass is 16.5. The van der Waals surface area contributed by atoms with E-state index in [1.54, 1.807) is 36.8 Å². The van der Waals surface area contributed by atoms with Crippen molar-refractivity contribution in [2.24, 2.45) is 5.92 Å². The SMILES string of the molecule is O=C(/C=C/c1cccnc1)NCCCCC1CCN(C(=O)c2ccc(N3CCN(C(=O)CCOCCNc4cccc5c4C(=O)N(C4CCC(=O)NC4=O)C5=O)CC3)nc2)CC1. The van der Waals surface area contributed by atoms with Gasteiger partial charge in [0.25, 0.3) is 17.7 Å². The number of benzene rings is 1. The van der Waals surface area contributed by atoms with Crippen molar-refractivity contribution in [2.75, 3.05) is 75.8 Å². The van der Waals surface area contributed by atoms with Crippen LogP contribution in [0.5, 0.6) is 0 Å². The first kappa shape index (κ1) is 43.6. The van der Waals surface area contributed by atoms with E-state index in [0.717, 1.165) is 48.4 Å². The van der Waals surface area contributed by atoms with E-state index in [-0.39, 0.29) is 61.3 Å². The third kappa shape index (κ3) is 10.9. The Morgan fingerprint density at radius 3 is 2.40 bits per heavy atom. The summed E-state index contributed by atoms with van der Waals surface area (Å²) in [4.78, 5) is 104. The molecule has 2 aromatic heterocycles. The number of anilines is 2. The molecular weight excluding hydrogens is 795 g/mol. The monoisotopic (exact) mass is 847 g/mol. The Balaban J connectivity index is 0.747. The van der Waals surface area contributed by atoms with E-state index in [0.29, 0.717) is 69.5 Å². The van der Waals surface area contributed by atoms with Crippen molar-refractivity contribution in [2.45, 2.75) is 57.4 Å². The number of unbranched alkanes of at least 4 members (excludes halogenated alkanes) is 1. The Labute approximate surface area is 360 Å². The van der Waals surface area contributed by atoms with Crippen LogP contribution in [0.1, 0.15) is 88.0 Å². The molecule has 0 radical (unpaired) electrons. The molecule has 3 N–H and O–H groups in total. The fraction of sp³-hybridized carbons (Fsp3) is 0.444. The lowest BCUT2D eigenvalue weighted by atomic mass is 9.91. The maximum absolute atomic E-state index is 13.3. The van der Waals surface area contributed by atoms with Crippen LogP contribution in [0.15, 0.2) is 67.1 Å². The van der Waals surface area contributed by atoms with Crippen molar-refractivity contribution in [3.63, 3.8) is 0 Å². The van der Waals surface area contributed by atoms with Gasteiger partial charge in [-0.1, -0.05) is 25.0 Å². The van der Waals surface area contributed by atoms with Crippen LogP contribution in [0, 0.1) is 5.92 Å². The number of ether oxygens (including phenoxy) is 1. The Kier molecular flexibility index (Phi) is 14.7. The van der Waals surface area contributed by atoms with Gasteiger partial charge in [-0.2, -0.15) is 0 Å². The fourth-order valence-electron chi connectivity index (χ4n) is 8.31. The summed E-state index contributed by atoms with van der Waals surface area (Å²) < 4.78 is 5.72. The van der Waals surface area contributed by atoms with Crippen molar-refractivity contribution in [1.29, 1.82) is 0 Å². The van der Waals surface area contributed by atoms with Gasteiger partial charge in [-0.25, -0.2) is 4.98 Å². The minimum atomic E-state index is -1.04. The van der Waals surface area contributed by atoms with E-state index in [9.17, 15) is 33.6 Å². The number of piperidine rings is 2. The number of amides is 7. The van der Waals surface area contributed by atoms with Crippen molar-refractivity contribution in [1.82, 2.24) is 35.3 Å². The molecule has 0 bridgehead atoms. The van der Waals surface area contributed by atoms with Gasteiger partial charge >= 0.3 is 0 Å². The summed E-state index contributed by atoms with van der Waals surface area (Å²) in [5.74, 6) is -1.05. The lowest BCUT2D eigenvalue weighted by Crippen LogP contribution is -2.54. The van der Waals surface area contributed by atoms with Gasteiger partial charge < -0.3 is 30.1 Å². The second-order valence-corrected chi connectivity index (χ2v) is 15.9. The van der Waals surface area contributed by atoms with Crippen LogP contribution in [0.4, 0.5) is 11.5 Å². The Hall–Kier alpha value is -6.49. The summed E-state index contributed by atoms with van der Waals surface area (Å²) in [6.07, 6.45) is 13.6. The third-order valence-corrected chi connectivity index (χ3v) is 11.8. The van der Waals surface area contributed by atoms with Gasteiger partial charge in [0.2, 0.25) is 23.6 Å². The normalized spacial score (nSPS) is 18.3. The van der Waals surface area contributed by atoms with E-state index in [1.807, 2.05) is 34.1 Å². The summed E-state index contributed by atoms with van der Waals surface area (Å²) >= 11 is 0. The molecule has 1 unspecified atom stereocenters. The summed E-state index contributed by atoms with van der Waals surface area (Å²) in [6, 6.07) is 11.3. The van der Waals surface area contributed by atoms with E-state index in [2.05, 4.69) is 30.8 Å². The number of nitrogens with zero attached hydrogens (tertiary/aromatic N) is 6. The third-order valence-electron chi connectivity index (χ3n) is 11.8. The minimum Gasteiger partial charge on any atom is -0.382 e. The molecule has 3 saturated heterocycles. The molecule has 62 heavy (non-hydrogen) atoms. The molecule has 4 aliphatic heterocycles. The molecule has 6 heterocycles. The summed E-state index contributed by atoms with van der Waals surface area (Å²) in [7, 11) is 0. The quantitative estimate of drug-likeness (QED) is 0.102. The van der Waals surface area contributed by atoms with Gasteiger partial charge in [0.1, 0.15) is 11.9 Å². The zero-order chi connectivity index (χ0) is 43.4. The van der Waals surface area contributed by atoms with Crippen LogP contribution in [-0.2, 0) is 23.9 Å². The first-order valence-corrected chi connectivity index (χ1v) is 21.5. The number of carbonyl (C=O) groups excluding carboxylic acids is 7. The molecule has 7 rings (SSSR count). The highest BCUT2D eigenvalue weighted by Gasteiger charge is 2.45. The first-order chi connectivity index (χ1) is 30.2. The molecule has 17 nitrogen and oxygen atoms in total. The Morgan fingerprint density at radius 2 is 1.66 bits per heavy atom. The lowest BCUT2D eigenvalue weighted by Gasteiger charge is -2.35. The predicted molar refractivity (Wildman–Crippen MR) is 229 cm³/mol. The molecule has 0 aliphatic carbocycles. The first-order valence-electron chi connectivity index (χ1n) is 21.5. The van der Waals surface area contributed by atoms with Crippen molar-refractivity contribution in [3.8, 4) is 0 Å². The van der Waals surface area contributed by atoms with Crippen LogP contribution in [0.2, 0.25) is 0 Å². The summed E-state index contributed by atoms with van der Waals surface area (Å²) in [6.45, 7) is 5.17. The standard InChI is InChI=1S/C45H53N9O8/c55-38(13-9-32-6-4-18-46-29-32)48-19-2-1-5-31-15-21-53(22-16-31)43(59)33-10-12-37(49-30-33)51-23-25-52(26-24-51)40(57)17-27-62-28-20-47-35-8-3-7-34-41(35)45(61)54(44(34)60)36-11-14-39(56)50-42(36)58/h3-4,6-10,12-13,18,29-31,36,47H,1-2,5,11,14-17,19-28H2,(H,48,55)(H,50,56,58)/b13-9+. The molecule has 17 heteroatoms. The van der Waals surface area contributed by atoms with Gasteiger partial charge in [0, 0.05) is 89.1 Å². The molecule has 3 fully saturated rings. The zero-order valence-electron chi connectivity index (χ0n) is 34.8. The number of aromatic nitrogens is 2. The zero-order valence-corrected chi connectivity index (χ0v) is 34.8. The fourth-order valence-corrected chi connectivity index (χ4v) is 8.31. The molecule has 326 valence electrons. The Morgan fingerprint density at radius 1 is 0.839 bits per heavy atom. The van der Waals surface area contributed by atoms with Crippen molar-refractivity contribution < 1.29 is 38.3 Å². The summed E-state index contributed by atoms with van der Waals surface area (Å²) in [5.41, 5.74) is 2.26. The number of hydrogen-bond donors (Lipinski definition) is 3. The average molecular weight is 848 g/mol. The van der Waals surface area contributed by atoms with Gasteiger partial charge in [0.15, 0.2) is 0 Å². The van der Waals surface area contributed by atoms with Gasteiger partial charge in [-0.15, -0.1) is 0 Å². The molecule has 7 amide bonds. The number of imide groups is 2. The van der Waals surface area contributed by atoms with E-state index >= 15 is 0 Å². The van der Waals surface area contributed by atoms with Crippen molar-refractivity contribution >= 4 is 58.9 Å². The molecule has 4 aliphatic rings. The van der Waals surface area contributed by atoms with Crippen molar-refractivity contribution in [3.05, 3.63) is 89.4 Å². The highest BCUT2D eigenvalue weighted by molar-refractivity contribution is 6.25. The smallest absolute Gasteiger partial charge is 0.264 e. The van der Waals surface area contributed by atoms with E-state index in [4.69, 9.17) is 4.74 Å². The molecule has 0 saturated carbocycles. The maximum Gasteiger partial charge on any atom is 0.264 e. The molecular formula is C45H53N9O8. The summed E-state index contributed by atoms with van der Waals surface area (Å²) in [5, 5.41) is 8.27. The average Bonchev–Trinajstić information content (AvgIpc) is 3.55. The number of pyridine rings is 2. The Bertz CT molecular complexity index is 2150.